The molecule has 94 valence electrons. The molecule has 0 bridgehead atoms. The molecular formula is C11H18N4O2. The van der Waals surface area contributed by atoms with E-state index >= 15 is 0 Å². The summed E-state index contributed by atoms with van der Waals surface area (Å²) >= 11 is 0. The Bertz CT molecular complexity index is 364. The average molecular weight is 238 g/mol. The third kappa shape index (κ3) is 3.99. The molecule has 0 aliphatic rings. The Kier molecular flexibility index (Phi) is 4.84. The molecule has 0 saturated heterocycles. The summed E-state index contributed by atoms with van der Waals surface area (Å²) in [6.45, 7) is 2.19. The number of aromatic nitrogens is 2. The highest BCUT2D eigenvalue weighted by atomic mass is 16.3. The molecule has 0 radical (unpaired) electrons. The Morgan fingerprint density at radius 2 is 2.24 bits per heavy atom. The van der Waals surface area contributed by atoms with E-state index in [1.54, 1.807) is 33.2 Å². The van der Waals surface area contributed by atoms with E-state index in [9.17, 15) is 4.79 Å². The minimum atomic E-state index is -0.414. The van der Waals surface area contributed by atoms with Gasteiger partial charge in [0.1, 0.15) is 5.82 Å². The van der Waals surface area contributed by atoms with Gasteiger partial charge < -0.3 is 15.3 Å². The Morgan fingerprint density at radius 3 is 2.71 bits per heavy atom. The summed E-state index contributed by atoms with van der Waals surface area (Å²) in [6, 6.07) is 3.32. The number of nitrogens with one attached hydrogen (secondary N) is 1. The lowest BCUT2D eigenvalue weighted by molar-refractivity contribution is 0.0762. The number of nitrogens with zero attached hydrogens (tertiary/aromatic N) is 3. The van der Waals surface area contributed by atoms with Crippen LogP contribution in [0.5, 0.6) is 0 Å². The second-order valence-corrected chi connectivity index (χ2v) is 3.92. The van der Waals surface area contributed by atoms with Crippen molar-refractivity contribution in [2.75, 3.05) is 26.0 Å². The van der Waals surface area contributed by atoms with Gasteiger partial charge in [0.25, 0.3) is 5.91 Å². The molecule has 1 amide bonds. The first-order valence-corrected chi connectivity index (χ1v) is 5.49. The number of aliphatic hydroxyl groups is 1. The van der Waals surface area contributed by atoms with E-state index in [1.807, 2.05) is 0 Å². The van der Waals surface area contributed by atoms with Gasteiger partial charge in [-0.05, 0) is 25.5 Å². The van der Waals surface area contributed by atoms with Gasteiger partial charge in [-0.2, -0.15) is 0 Å². The van der Waals surface area contributed by atoms with E-state index in [1.165, 1.54) is 4.90 Å². The van der Waals surface area contributed by atoms with Gasteiger partial charge in [0.05, 0.1) is 6.10 Å². The maximum atomic E-state index is 11.9. The summed E-state index contributed by atoms with van der Waals surface area (Å²) in [5.74, 6) is 0.425. The molecule has 6 nitrogen and oxygen atoms in total. The lowest BCUT2D eigenvalue weighted by Gasteiger charge is -2.17. The topological polar surface area (TPSA) is 78.4 Å². The Balaban J connectivity index is 2.61. The van der Waals surface area contributed by atoms with E-state index in [0.29, 0.717) is 24.5 Å². The van der Waals surface area contributed by atoms with Gasteiger partial charge >= 0.3 is 0 Å². The molecule has 1 atom stereocenters. The Morgan fingerprint density at radius 1 is 1.53 bits per heavy atom. The number of anilines is 1. The van der Waals surface area contributed by atoms with Crippen molar-refractivity contribution in [1.29, 1.82) is 0 Å². The van der Waals surface area contributed by atoms with Gasteiger partial charge in [-0.25, -0.2) is 0 Å². The number of hydrogen-bond acceptors (Lipinski definition) is 5. The lowest BCUT2D eigenvalue weighted by atomic mass is 10.2. The predicted molar refractivity (Wildman–Crippen MR) is 64.8 cm³/mol. The van der Waals surface area contributed by atoms with Crippen LogP contribution < -0.4 is 5.32 Å². The molecule has 0 spiro atoms. The number of rotatable bonds is 5. The second kappa shape index (κ2) is 6.15. The lowest BCUT2D eigenvalue weighted by Crippen LogP contribution is -2.30. The first kappa shape index (κ1) is 13.4. The van der Waals surface area contributed by atoms with E-state index in [0.717, 1.165) is 0 Å². The SMILES string of the molecule is CNc1ccc(C(=O)N(C)CCC(C)O)nn1. The van der Waals surface area contributed by atoms with Crippen LogP contribution >= 0.6 is 0 Å². The van der Waals surface area contributed by atoms with Crippen molar-refractivity contribution in [3.8, 4) is 0 Å². The summed E-state index contributed by atoms with van der Waals surface area (Å²) in [7, 11) is 3.42. The minimum absolute atomic E-state index is 0.194. The van der Waals surface area contributed by atoms with Crippen molar-refractivity contribution in [3.05, 3.63) is 17.8 Å². The van der Waals surface area contributed by atoms with Crippen molar-refractivity contribution < 1.29 is 9.90 Å². The zero-order chi connectivity index (χ0) is 12.8. The molecule has 1 aromatic heterocycles. The maximum Gasteiger partial charge on any atom is 0.274 e. The Hall–Kier alpha value is -1.69. The number of carbonyl (C=O) groups is 1. The van der Waals surface area contributed by atoms with Crippen LogP contribution in [-0.4, -0.2) is 52.9 Å². The molecule has 0 aromatic carbocycles. The molecule has 0 fully saturated rings. The summed E-state index contributed by atoms with van der Waals surface area (Å²) in [6.07, 6.45) is 0.132. The fourth-order valence-electron chi connectivity index (χ4n) is 1.26. The summed E-state index contributed by atoms with van der Waals surface area (Å²) in [4.78, 5) is 13.4. The van der Waals surface area contributed by atoms with Crippen molar-refractivity contribution >= 4 is 11.7 Å². The minimum Gasteiger partial charge on any atom is -0.393 e. The zero-order valence-corrected chi connectivity index (χ0v) is 10.3. The molecule has 2 N–H and O–H groups in total. The number of amides is 1. The normalized spacial score (nSPS) is 12.0. The molecule has 1 aromatic rings. The van der Waals surface area contributed by atoms with Crippen molar-refractivity contribution in [1.82, 2.24) is 15.1 Å². The summed E-state index contributed by atoms with van der Waals surface area (Å²) in [5, 5.41) is 19.6. The smallest absolute Gasteiger partial charge is 0.274 e. The van der Waals surface area contributed by atoms with Gasteiger partial charge in [-0.15, -0.1) is 10.2 Å². The van der Waals surface area contributed by atoms with Crippen molar-refractivity contribution in [2.45, 2.75) is 19.4 Å². The third-order valence-corrected chi connectivity index (χ3v) is 2.37. The van der Waals surface area contributed by atoms with Crippen LogP contribution in [0.2, 0.25) is 0 Å². The fraction of sp³-hybridized carbons (Fsp3) is 0.545. The predicted octanol–water partition coefficient (Wildman–Crippen LogP) is 0.361. The largest absolute Gasteiger partial charge is 0.393 e. The first-order chi connectivity index (χ1) is 8.04. The molecule has 17 heavy (non-hydrogen) atoms. The van der Waals surface area contributed by atoms with Crippen LogP contribution in [0.1, 0.15) is 23.8 Å². The van der Waals surface area contributed by atoms with E-state index in [4.69, 9.17) is 5.11 Å². The molecule has 1 heterocycles. The van der Waals surface area contributed by atoms with Gasteiger partial charge in [0, 0.05) is 20.6 Å². The van der Waals surface area contributed by atoms with Crippen LogP contribution in [0.4, 0.5) is 5.82 Å². The van der Waals surface area contributed by atoms with E-state index < -0.39 is 6.10 Å². The molecule has 1 rings (SSSR count). The van der Waals surface area contributed by atoms with E-state index in [-0.39, 0.29) is 5.91 Å². The molecule has 1 unspecified atom stereocenters. The second-order valence-electron chi connectivity index (χ2n) is 3.92. The molecule has 0 aliphatic heterocycles. The number of aliphatic hydroxyl groups excluding tert-OH is 1. The zero-order valence-electron chi connectivity index (χ0n) is 10.3. The highest BCUT2D eigenvalue weighted by Crippen LogP contribution is 2.04. The summed E-state index contributed by atoms with van der Waals surface area (Å²) in [5.41, 5.74) is 0.303. The van der Waals surface area contributed by atoms with Crippen LogP contribution in [0.25, 0.3) is 0 Å². The monoisotopic (exact) mass is 238 g/mol. The van der Waals surface area contributed by atoms with Crippen LogP contribution in [0.15, 0.2) is 12.1 Å². The highest BCUT2D eigenvalue weighted by Gasteiger charge is 2.13. The van der Waals surface area contributed by atoms with Crippen LogP contribution in [-0.2, 0) is 0 Å². The molecule has 6 heteroatoms. The van der Waals surface area contributed by atoms with Crippen molar-refractivity contribution in [2.24, 2.45) is 0 Å². The maximum absolute atomic E-state index is 11.9. The fourth-order valence-corrected chi connectivity index (χ4v) is 1.26. The molecule has 0 saturated carbocycles. The first-order valence-electron chi connectivity index (χ1n) is 5.49. The average Bonchev–Trinajstić information content (AvgIpc) is 2.35. The molecule has 0 aliphatic carbocycles. The highest BCUT2D eigenvalue weighted by molar-refractivity contribution is 5.92. The van der Waals surface area contributed by atoms with Gasteiger partial charge in [0.2, 0.25) is 0 Å². The third-order valence-electron chi connectivity index (χ3n) is 2.37. The van der Waals surface area contributed by atoms with Crippen LogP contribution in [0, 0.1) is 0 Å². The Labute approximate surface area is 101 Å². The van der Waals surface area contributed by atoms with Gasteiger partial charge in [-0.1, -0.05) is 0 Å². The number of hydrogen-bond donors (Lipinski definition) is 2. The molecular weight excluding hydrogens is 220 g/mol. The van der Waals surface area contributed by atoms with Gasteiger partial charge in [0.15, 0.2) is 5.69 Å². The van der Waals surface area contributed by atoms with Crippen LogP contribution in [0.3, 0.4) is 0 Å². The van der Waals surface area contributed by atoms with Crippen molar-refractivity contribution in [3.63, 3.8) is 0 Å². The standard InChI is InChI=1S/C11H18N4O2/c1-8(16)6-7-15(3)11(17)9-4-5-10(12-2)14-13-9/h4-5,8,16H,6-7H2,1-3H3,(H,12,14). The summed E-state index contributed by atoms with van der Waals surface area (Å²) < 4.78 is 0. The number of carbonyl (C=O) groups excluding carboxylic acids is 1. The quantitative estimate of drug-likeness (QED) is 0.774. The van der Waals surface area contributed by atoms with E-state index in [2.05, 4.69) is 15.5 Å². The van der Waals surface area contributed by atoms with Gasteiger partial charge in [-0.3, -0.25) is 4.79 Å².